The molecular weight excluding hydrogens is 445 g/mol. The zero-order valence-electron chi connectivity index (χ0n) is 17.7. The van der Waals surface area contributed by atoms with Crippen molar-refractivity contribution < 1.29 is 37.8 Å². The number of thioether (sulfide) groups is 1. The lowest BCUT2D eigenvalue weighted by molar-refractivity contribution is -0.170. The third kappa shape index (κ3) is 4.65. The zero-order chi connectivity index (χ0) is 23.6. The van der Waals surface area contributed by atoms with Gasteiger partial charge < -0.3 is 30.2 Å². The number of β-lactam (4-membered cyclic amide) rings is 1. The van der Waals surface area contributed by atoms with E-state index in [-0.39, 0.29) is 6.61 Å². The molecule has 4 atom stereocenters. The van der Waals surface area contributed by atoms with Crippen molar-refractivity contribution >= 4 is 35.7 Å². The fraction of sp³-hybridized carbons (Fsp3) is 0.500. The molecule has 2 amide bonds. The molecular formula is C20H24FN3O7S. The molecule has 10 nitrogen and oxygen atoms in total. The maximum atomic E-state index is 13.1. The fourth-order valence-corrected chi connectivity index (χ4v) is 5.19. The van der Waals surface area contributed by atoms with E-state index in [0.29, 0.717) is 5.56 Å². The highest BCUT2D eigenvalue weighted by molar-refractivity contribution is 8.01. The van der Waals surface area contributed by atoms with E-state index in [4.69, 9.17) is 10.5 Å². The molecule has 32 heavy (non-hydrogen) atoms. The second-order valence-electron chi connectivity index (χ2n) is 7.68. The van der Waals surface area contributed by atoms with Crippen LogP contribution in [-0.4, -0.2) is 64.4 Å². The Kier molecular flexibility index (Phi) is 6.94. The molecule has 3 N–H and O–H groups in total. The van der Waals surface area contributed by atoms with Crippen LogP contribution in [0.2, 0.25) is 0 Å². The molecule has 3 rings (SSSR count). The highest BCUT2D eigenvalue weighted by Crippen LogP contribution is 2.51. The molecule has 0 radical (unpaired) electrons. The lowest BCUT2D eigenvalue weighted by atomic mass is 9.95. The molecule has 12 heteroatoms. The third-order valence-electron chi connectivity index (χ3n) is 5.11. The van der Waals surface area contributed by atoms with E-state index in [0.717, 1.165) is 0 Å². The molecule has 0 aliphatic carbocycles. The van der Waals surface area contributed by atoms with E-state index in [9.17, 15) is 23.6 Å². The molecule has 2 aliphatic heterocycles. The number of fused-ring (bicyclic) bond motifs is 1. The standard InChI is InChI=1S/C20H24FN3O7S/c1-4-29-19(28)31-9-30-18(27)14-20(2,3)32-17-13(16(26)24(14)17)23-15(25)12(22)10-5-7-11(21)8-6-10/h5-8,12-14,17H,4,9,22H2,1-3H3,(H,23,25)/t12?,13-,14+,17-/m1/s1. The van der Waals surface area contributed by atoms with E-state index in [2.05, 4.69) is 14.8 Å². The highest BCUT2D eigenvalue weighted by Gasteiger charge is 2.64. The van der Waals surface area contributed by atoms with E-state index >= 15 is 0 Å². The summed E-state index contributed by atoms with van der Waals surface area (Å²) in [6.07, 6.45) is -0.974. The summed E-state index contributed by atoms with van der Waals surface area (Å²) >= 11 is 1.33. The first kappa shape index (κ1) is 23.8. The maximum Gasteiger partial charge on any atom is 0.511 e. The first-order valence-electron chi connectivity index (χ1n) is 9.84. The number of halogens is 1. The Hall–Kier alpha value is -2.86. The predicted octanol–water partition coefficient (Wildman–Crippen LogP) is 1.05. The van der Waals surface area contributed by atoms with Crippen molar-refractivity contribution in [2.45, 2.75) is 49.0 Å². The maximum absolute atomic E-state index is 13.1. The number of benzene rings is 1. The quantitative estimate of drug-likeness (QED) is 0.341. The van der Waals surface area contributed by atoms with Crippen molar-refractivity contribution in [2.24, 2.45) is 5.73 Å². The van der Waals surface area contributed by atoms with Crippen LogP contribution >= 0.6 is 11.8 Å². The first-order valence-corrected chi connectivity index (χ1v) is 10.7. The minimum Gasteiger partial charge on any atom is -0.435 e. The van der Waals surface area contributed by atoms with Crippen LogP contribution in [0.5, 0.6) is 0 Å². The smallest absolute Gasteiger partial charge is 0.435 e. The van der Waals surface area contributed by atoms with Gasteiger partial charge in [0.15, 0.2) is 0 Å². The summed E-state index contributed by atoms with van der Waals surface area (Å²) in [4.78, 5) is 50.4. The molecule has 2 aliphatic rings. The van der Waals surface area contributed by atoms with Gasteiger partial charge in [0, 0.05) is 4.75 Å². The van der Waals surface area contributed by atoms with Crippen molar-refractivity contribution in [1.82, 2.24) is 10.2 Å². The summed E-state index contributed by atoms with van der Waals surface area (Å²) in [6.45, 7) is 4.60. The van der Waals surface area contributed by atoms with E-state index in [1.54, 1.807) is 20.8 Å². The third-order valence-corrected chi connectivity index (χ3v) is 6.69. The number of hydrogen-bond acceptors (Lipinski definition) is 9. The Balaban J connectivity index is 1.60. The number of nitrogens with two attached hydrogens (primary N) is 1. The normalized spacial score (nSPS) is 24.1. The summed E-state index contributed by atoms with van der Waals surface area (Å²) in [5.74, 6) is -2.25. The first-order chi connectivity index (χ1) is 15.1. The SMILES string of the molecule is CCOC(=O)OCOC(=O)[C@@H]1N2C(=O)[C@@H](NC(=O)C(N)c3ccc(F)cc3)[C@H]2SC1(C)C. The molecule has 1 aromatic rings. The van der Waals surface area contributed by atoms with Gasteiger partial charge in [0.05, 0.1) is 6.61 Å². The van der Waals surface area contributed by atoms with E-state index in [1.807, 2.05) is 0 Å². The van der Waals surface area contributed by atoms with Crippen LogP contribution in [0, 0.1) is 5.82 Å². The van der Waals surface area contributed by atoms with Crippen LogP contribution in [0.3, 0.4) is 0 Å². The molecule has 0 bridgehead atoms. The molecule has 1 aromatic carbocycles. The van der Waals surface area contributed by atoms with Crippen molar-refractivity contribution in [3.8, 4) is 0 Å². The van der Waals surface area contributed by atoms with Crippen molar-refractivity contribution in [3.05, 3.63) is 35.6 Å². The summed E-state index contributed by atoms with van der Waals surface area (Å²) in [7, 11) is 0. The average molecular weight is 469 g/mol. The van der Waals surface area contributed by atoms with Gasteiger partial charge >= 0.3 is 12.1 Å². The van der Waals surface area contributed by atoms with E-state index in [1.165, 1.54) is 40.9 Å². The minimum atomic E-state index is -1.09. The number of carbonyl (C=O) groups excluding carboxylic acids is 4. The van der Waals surface area contributed by atoms with Gasteiger partial charge in [0.2, 0.25) is 18.6 Å². The van der Waals surface area contributed by atoms with Gasteiger partial charge in [-0.2, -0.15) is 0 Å². The topological polar surface area (TPSA) is 137 Å². The van der Waals surface area contributed by atoms with Crippen molar-refractivity contribution in [3.63, 3.8) is 0 Å². The van der Waals surface area contributed by atoms with Gasteiger partial charge in [-0.3, -0.25) is 9.59 Å². The molecule has 2 heterocycles. The Morgan fingerprint density at radius 3 is 2.50 bits per heavy atom. The number of esters is 1. The van der Waals surface area contributed by atoms with Gasteiger partial charge in [-0.05, 0) is 38.5 Å². The number of rotatable bonds is 7. The highest BCUT2D eigenvalue weighted by atomic mass is 32.2. The number of nitrogens with zero attached hydrogens (tertiary/aromatic N) is 1. The summed E-state index contributed by atoms with van der Waals surface area (Å²) in [5, 5.41) is 2.12. The fourth-order valence-electron chi connectivity index (χ4n) is 3.57. The Labute approximate surface area is 187 Å². The molecule has 0 saturated carbocycles. The number of carbonyl (C=O) groups is 4. The molecule has 0 aromatic heterocycles. The predicted molar refractivity (Wildman–Crippen MR) is 110 cm³/mol. The molecule has 0 spiro atoms. The van der Waals surface area contributed by atoms with Gasteiger partial charge in [-0.15, -0.1) is 11.8 Å². The number of nitrogens with one attached hydrogen (secondary N) is 1. The zero-order valence-corrected chi connectivity index (χ0v) is 18.5. The van der Waals surface area contributed by atoms with Crippen LogP contribution in [0.25, 0.3) is 0 Å². The Morgan fingerprint density at radius 2 is 1.88 bits per heavy atom. The Bertz CT molecular complexity index is 911. The van der Waals surface area contributed by atoms with Crippen LogP contribution in [0.15, 0.2) is 24.3 Å². The second-order valence-corrected chi connectivity index (χ2v) is 9.45. The molecule has 2 fully saturated rings. The largest absolute Gasteiger partial charge is 0.511 e. The summed E-state index contributed by atoms with van der Waals surface area (Å²) < 4.78 is 26.6. The Morgan fingerprint density at radius 1 is 1.22 bits per heavy atom. The second kappa shape index (κ2) is 9.33. The van der Waals surface area contributed by atoms with Gasteiger partial charge in [0.1, 0.15) is 29.3 Å². The lowest BCUT2D eigenvalue weighted by Gasteiger charge is -2.44. The molecule has 2 saturated heterocycles. The summed E-state index contributed by atoms with van der Waals surface area (Å²) in [6, 6.07) is 2.28. The number of hydrogen-bond donors (Lipinski definition) is 2. The number of amides is 2. The van der Waals surface area contributed by atoms with Crippen molar-refractivity contribution in [1.29, 1.82) is 0 Å². The average Bonchev–Trinajstić information content (AvgIpc) is 2.99. The molecule has 1 unspecified atom stereocenters. The van der Waals surface area contributed by atoms with Crippen LogP contribution in [0.4, 0.5) is 9.18 Å². The summed E-state index contributed by atoms with van der Waals surface area (Å²) in [5.41, 5.74) is 6.33. The van der Waals surface area contributed by atoms with Crippen molar-refractivity contribution in [2.75, 3.05) is 13.4 Å². The van der Waals surface area contributed by atoms with Crippen LogP contribution in [0.1, 0.15) is 32.4 Å². The van der Waals surface area contributed by atoms with Gasteiger partial charge in [0.25, 0.3) is 0 Å². The lowest BCUT2D eigenvalue weighted by Crippen LogP contribution is -2.71. The molecule has 174 valence electrons. The monoisotopic (exact) mass is 469 g/mol. The number of ether oxygens (including phenoxy) is 3. The van der Waals surface area contributed by atoms with Crippen LogP contribution < -0.4 is 11.1 Å². The van der Waals surface area contributed by atoms with Gasteiger partial charge in [-0.25, -0.2) is 14.0 Å². The van der Waals surface area contributed by atoms with Crippen LogP contribution in [-0.2, 0) is 28.6 Å². The minimum absolute atomic E-state index is 0.112. The van der Waals surface area contributed by atoms with Gasteiger partial charge in [-0.1, -0.05) is 12.1 Å². The van der Waals surface area contributed by atoms with E-state index < -0.39 is 64.8 Å².